The maximum absolute atomic E-state index is 12.7. The van der Waals surface area contributed by atoms with Gasteiger partial charge < -0.3 is 4.42 Å². The average Bonchev–Trinajstić information content (AvgIpc) is 2.82. The number of rotatable bonds is 3. The fourth-order valence-electron chi connectivity index (χ4n) is 2.29. The lowest BCUT2D eigenvalue weighted by Gasteiger charge is -2.13. The van der Waals surface area contributed by atoms with Crippen LogP contribution in [0.25, 0.3) is 11.1 Å². The summed E-state index contributed by atoms with van der Waals surface area (Å²) < 4.78 is 32.7. The lowest BCUT2D eigenvalue weighted by atomic mass is 10.2. The number of anilines is 1. The van der Waals surface area contributed by atoms with Gasteiger partial charge in [-0.05, 0) is 43.2 Å². The third-order valence-electron chi connectivity index (χ3n) is 3.52. The third kappa shape index (κ3) is 2.85. The van der Waals surface area contributed by atoms with Crippen molar-refractivity contribution in [2.24, 2.45) is 0 Å². The Kier molecular flexibility index (Phi) is 3.69. The van der Waals surface area contributed by atoms with Gasteiger partial charge in [0.25, 0.3) is 10.0 Å². The molecule has 0 bridgehead atoms. The van der Waals surface area contributed by atoms with E-state index in [-0.39, 0.29) is 10.5 Å². The largest absolute Gasteiger partial charge is 0.417 e. The molecule has 3 aromatic rings. The standard InChI is InChI=1S/C15H13ClN2O4S/c1-8-6-12-13(22-15(19)17-12)7-14(8)23(20,21)18-11-5-3-4-10(16)9(11)2/h3-7,18H,1-2H3,(H,17,19). The van der Waals surface area contributed by atoms with Gasteiger partial charge in [0, 0.05) is 11.1 Å². The second-order valence-corrected chi connectivity index (χ2v) is 7.20. The molecule has 1 aromatic heterocycles. The van der Waals surface area contributed by atoms with Gasteiger partial charge in [0.05, 0.1) is 16.1 Å². The van der Waals surface area contributed by atoms with Crippen molar-refractivity contribution in [3.05, 3.63) is 57.0 Å². The van der Waals surface area contributed by atoms with Gasteiger partial charge in [-0.1, -0.05) is 17.7 Å². The highest BCUT2D eigenvalue weighted by Gasteiger charge is 2.20. The molecule has 0 unspecified atom stereocenters. The molecule has 0 amide bonds. The first kappa shape index (κ1) is 15.6. The molecule has 0 radical (unpaired) electrons. The minimum absolute atomic E-state index is 0.0344. The molecule has 8 heteroatoms. The average molecular weight is 353 g/mol. The molecule has 0 aliphatic heterocycles. The summed E-state index contributed by atoms with van der Waals surface area (Å²) in [4.78, 5) is 13.8. The molecular formula is C15H13ClN2O4S. The van der Waals surface area contributed by atoms with E-state index in [2.05, 4.69) is 9.71 Å². The van der Waals surface area contributed by atoms with Crippen LogP contribution in [0.3, 0.4) is 0 Å². The molecule has 0 saturated carbocycles. The molecule has 3 rings (SSSR count). The van der Waals surface area contributed by atoms with E-state index in [4.69, 9.17) is 16.0 Å². The number of aromatic nitrogens is 1. The van der Waals surface area contributed by atoms with E-state index in [1.165, 1.54) is 6.07 Å². The summed E-state index contributed by atoms with van der Waals surface area (Å²) in [6.45, 7) is 3.37. The van der Waals surface area contributed by atoms with Gasteiger partial charge in [0.1, 0.15) is 0 Å². The van der Waals surface area contributed by atoms with Crippen molar-refractivity contribution in [3.8, 4) is 0 Å². The fourth-order valence-corrected chi connectivity index (χ4v) is 3.83. The third-order valence-corrected chi connectivity index (χ3v) is 5.44. The lowest BCUT2D eigenvalue weighted by Crippen LogP contribution is -2.15. The summed E-state index contributed by atoms with van der Waals surface area (Å²) in [5, 5.41) is 0.467. The number of benzene rings is 2. The Morgan fingerprint density at radius 2 is 1.96 bits per heavy atom. The molecule has 1 heterocycles. The Balaban J connectivity index is 2.10. The second kappa shape index (κ2) is 5.43. The second-order valence-electron chi connectivity index (χ2n) is 5.15. The predicted octanol–water partition coefficient (Wildman–Crippen LogP) is 3.19. The van der Waals surface area contributed by atoms with E-state index in [1.54, 1.807) is 38.1 Å². The maximum atomic E-state index is 12.7. The Morgan fingerprint density at radius 1 is 1.22 bits per heavy atom. The van der Waals surface area contributed by atoms with Gasteiger partial charge in [-0.2, -0.15) is 0 Å². The number of nitrogens with one attached hydrogen (secondary N) is 2. The number of H-pyrrole nitrogens is 1. The van der Waals surface area contributed by atoms with Gasteiger partial charge in [0.2, 0.25) is 0 Å². The van der Waals surface area contributed by atoms with E-state index in [1.807, 2.05) is 0 Å². The van der Waals surface area contributed by atoms with Gasteiger partial charge in [0.15, 0.2) is 5.58 Å². The van der Waals surface area contributed by atoms with Crippen LogP contribution < -0.4 is 10.5 Å². The van der Waals surface area contributed by atoms with Crippen LogP contribution in [-0.4, -0.2) is 13.4 Å². The van der Waals surface area contributed by atoms with E-state index in [0.717, 1.165) is 0 Å². The summed E-state index contributed by atoms with van der Waals surface area (Å²) in [5.41, 5.74) is 2.15. The SMILES string of the molecule is Cc1cc2[nH]c(=O)oc2cc1S(=O)(=O)Nc1cccc(Cl)c1C. The molecule has 6 nitrogen and oxygen atoms in total. The van der Waals surface area contributed by atoms with E-state index in [0.29, 0.717) is 27.4 Å². The minimum Gasteiger partial charge on any atom is -0.408 e. The molecule has 0 aliphatic carbocycles. The summed E-state index contributed by atoms with van der Waals surface area (Å²) in [5.74, 6) is -0.632. The van der Waals surface area contributed by atoms with Crippen LogP contribution in [0.4, 0.5) is 5.69 Å². The highest BCUT2D eigenvalue weighted by atomic mass is 35.5. The van der Waals surface area contributed by atoms with Crippen molar-refractivity contribution in [2.75, 3.05) is 4.72 Å². The highest BCUT2D eigenvalue weighted by molar-refractivity contribution is 7.92. The molecule has 0 fully saturated rings. The number of aromatic amines is 1. The summed E-state index contributed by atoms with van der Waals surface area (Å²) in [7, 11) is -3.85. The van der Waals surface area contributed by atoms with Crippen LogP contribution in [0.1, 0.15) is 11.1 Å². The molecule has 0 atom stereocenters. The molecule has 23 heavy (non-hydrogen) atoms. The lowest BCUT2D eigenvalue weighted by molar-refractivity contribution is 0.554. The minimum atomic E-state index is -3.85. The van der Waals surface area contributed by atoms with Crippen molar-refractivity contribution >= 4 is 38.4 Å². The monoisotopic (exact) mass is 352 g/mol. The molecule has 120 valence electrons. The molecule has 0 saturated heterocycles. The van der Waals surface area contributed by atoms with Gasteiger partial charge >= 0.3 is 5.76 Å². The molecule has 2 aromatic carbocycles. The summed E-state index contributed by atoms with van der Waals surface area (Å²) >= 11 is 6.01. The first-order valence-corrected chi connectivity index (χ1v) is 8.55. The normalized spacial score (nSPS) is 11.8. The van der Waals surface area contributed by atoms with Crippen LogP contribution >= 0.6 is 11.6 Å². The van der Waals surface area contributed by atoms with Crippen molar-refractivity contribution < 1.29 is 12.8 Å². The molecule has 0 aliphatic rings. The van der Waals surface area contributed by atoms with Gasteiger partial charge in [-0.3, -0.25) is 9.71 Å². The first-order chi connectivity index (χ1) is 10.8. The van der Waals surface area contributed by atoms with Crippen LogP contribution in [0.2, 0.25) is 5.02 Å². The quantitative estimate of drug-likeness (QED) is 0.757. The Labute approximate surface area is 137 Å². The number of aryl methyl sites for hydroxylation is 1. The van der Waals surface area contributed by atoms with Gasteiger partial charge in [-0.25, -0.2) is 13.2 Å². The van der Waals surface area contributed by atoms with Crippen molar-refractivity contribution in [2.45, 2.75) is 18.7 Å². The number of halogens is 1. The van der Waals surface area contributed by atoms with Crippen molar-refractivity contribution in [1.29, 1.82) is 0 Å². The van der Waals surface area contributed by atoms with E-state index in [9.17, 15) is 13.2 Å². The zero-order chi connectivity index (χ0) is 16.8. The van der Waals surface area contributed by atoms with Gasteiger partial charge in [-0.15, -0.1) is 0 Å². The van der Waals surface area contributed by atoms with Crippen LogP contribution in [0, 0.1) is 13.8 Å². The number of hydrogen-bond acceptors (Lipinski definition) is 4. The van der Waals surface area contributed by atoms with Crippen LogP contribution in [0.5, 0.6) is 0 Å². The number of hydrogen-bond donors (Lipinski definition) is 2. The Bertz CT molecular complexity index is 1070. The maximum Gasteiger partial charge on any atom is 0.417 e. The topological polar surface area (TPSA) is 92.2 Å². The molecule has 2 N–H and O–H groups in total. The van der Waals surface area contributed by atoms with E-state index < -0.39 is 15.8 Å². The van der Waals surface area contributed by atoms with Crippen LogP contribution in [-0.2, 0) is 10.0 Å². The number of sulfonamides is 1. The Morgan fingerprint density at radius 3 is 2.70 bits per heavy atom. The smallest absolute Gasteiger partial charge is 0.408 e. The summed E-state index contributed by atoms with van der Waals surface area (Å²) in [6.07, 6.45) is 0. The summed E-state index contributed by atoms with van der Waals surface area (Å²) in [6, 6.07) is 7.85. The fraction of sp³-hybridized carbons (Fsp3) is 0.133. The Hall–Kier alpha value is -2.25. The molecular weight excluding hydrogens is 340 g/mol. The zero-order valence-electron chi connectivity index (χ0n) is 12.3. The van der Waals surface area contributed by atoms with E-state index >= 15 is 0 Å². The first-order valence-electron chi connectivity index (χ1n) is 6.69. The number of oxazole rings is 1. The highest BCUT2D eigenvalue weighted by Crippen LogP contribution is 2.27. The van der Waals surface area contributed by atoms with Crippen molar-refractivity contribution in [1.82, 2.24) is 4.98 Å². The zero-order valence-corrected chi connectivity index (χ0v) is 13.9. The number of fused-ring (bicyclic) bond motifs is 1. The van der Waals surface area contributed by atoms with Crippen LogP contribution in [0.15, 0.2) is 44.4 Å². The predicted molar refractivity (Wildman–Crippen MR) is 88.6 cm³/mol. The van der Waals surface area contributed by atoms with Crippen molar-refractivity contribution in [3.63, 3.8) is 0 Å². The molecule has 0 spiro atoms.